The number of alkyl halides is 2. The molecule has 6 unspecified atom stereocenters. The van der Waals surface area contributed by atoms with Crippen molar-refractivity contribution in [3.63, 3.8) is 0 Å². The molecule has 15 aliphatic rings. The van der Waals surface area contributed by atoms with Gasteiger partial charge in [0.1, 0.15) is 72.5 Å². The van der Waals surface area contributed by atoms with E-state index in [1.807, 2.05) is 13.8 Å². The highest BCUT2D eigenvalue weighted by molar-refractivity contribution is 7.89. The first-order valence-corrected chi connectivity index (χ1v) is 51.3. The van der Waals surface area contributed by atoms with E-state index in [2.05, 4.69) is 59.5 Å². The van der Waals surface area contributed by atoms with Crippen molar-refractivity contribution in [1.29, 1.82) is 0 Å². The highest BCUT2D eigenvalue weighted by Crippen LogP contribution is 2.55. The van der Waals surface area contributed by atoms with Crippen LogP contribution >= 0.6 is 23.2 Å². The average Bonchev–Trinajstić information content (AvgIpc) is 0.747. The van der Waals surface area contributed by atoms with Gasteiger partial charge in [-0.2, -0.15) is 0 Å². The zero-order valence-electron chi connectivity index (χ0n) is 77.4. The van der Waals surface area contributed by atoms with Crippen molar-refractivity contribution in [1.82, 2.24) is 52.6 Å². The Morgan fingerprint density at radius 2 is 1.29 bits per heavy atom. The Hall–Kier alpha value is -6.67. The number of unbranched alkanes of at least 4 members (excludes halogenated alkanes) is 4. The van der Waals surface area contributed by atoms with Gasteiger partial charge in [0, 0.05) is 49.5 Å². The number of sulfonamides is 1. The molecule has 2 aromatic carbocycles. The number of carbonyl (C=O) groups excluding carboxylic acids is 8. The van der Waals surface area contributed by atoms with Gasteiger partial charge < -0.3 is 134 Å². The molecule has 15 bridgehead atoms. The van der Waals surface area contributed by atoms with E-state index in [9.17, 15) is 64.0 Å². The topological polar surface area (TPSA) is 580 Å². The molecule has 37 nitrogen and oxygen atoms in total. The fraction of sp³-hybridized carbons (Fsp3) is 0.787. The zero-order chi connectivity index (χ0) is 96.2. The van der Waals surface area contributed by atoms with Crippen LogP contribution in [0, 0.1) is 76.9 Å². The molecule has 0 radical (unpaired) electrons. The van der Waals surface area contributed by atoms with Crippen LogP contribution in [0.5, 0.6) is 23.0 Å². The standard InChI is InChI=1S/C94H144Cl2N12O25S/c1-7-8-12-25-128-54-16-18-55(19-17-54)134(126,127)101-24-11-9-10-23-100-41-58-64(111)38-57-72(82(58)116)56-32-47(13-20-63(56)110)74-89(121)108-78(93(125)106-76(57)91(123)103-73-50-28-45-27-46(30-50)31-51(73)29-45)80(114)49-15-22-66(60(96)34-49)131-68-36-52-35-67(84(68)132-69-37-53(42-109)81(115)83(117)85(69)133-71-40-94(5,98)86(118)44(4)129-71)130-65-21-14-48(33-59(65)95)79(113)77(107-87(119)61(99-6)26-43(2)3)92(124)102-62(39-70(97)112)88(120)104-75(52)90(122)105-74/h16-19,35-36,43-51,53,56-66,69,71-83,85-86,99-101,109-111,113-118H,7-15,20-34,37-42,98H2,1-6H3,(H2,97,112)(H,102,124)(H,103,123)(H,104,120)(H,105,122)(H,106,125)(H,107,119)(H,108,121)/t44-,45?,46?,47-,48-,49-,50?,51?,53+,56?,57?,58?,59+,60?,61+,62-,63+,64?,65+,66+,69+,71-,72?,73?,74+,75+,76-,77+,78-,79+,80+,81+,82-,83-,85-,86+,94-/m0/s1. The Labute approximate surface area is 793 Å². The summed E-state index contributed by atoms with van der Waals surface area (Å²) in [6.07, 6.45) is -12.9. The minimum absolute atomic E-state index is 0.000851. The van der Waals surface area contributed by atoms with Gasteiger partial charge in [-0.15, -0.1) is 23.2 Å². The molecule has 6 aliphatic heterocycles. The average molecular weight is 1950 g/mol. The van der Waals surface area contributed by atoms with Crippen LogP contribution in [0.1, 0.15) is 207 Å². The maximum Gasteiger partial charge on any atom is 0.247 e. The van der Waals surface area contributed by atoms with Gasteiger partial charge in [0.05, 0.1) is 83.6 Å². The molecule has 2 aromatic rings. The van der Waals surface area contributed by atoms with Gasteiger partial charge in [-0.25, -0.2) is 13.1 Å². The van der Waals surface area contributed by atoms with E-state index in [0.717, 1.165) is 51.4 Å². The summed E-state index contributed by atoms with van der Waals surface area (Å²) in [5.41, 5.74) is 11.1. The fourth-order valence-corrected chi connectivity index (χ4v) is 26.1. The second kappa shape index (κ2) is 44.9. The Kier molecular flexibility index (Phi) is 34.5. The number of amides is 8. The SMILES string of the molecule is CCCCCOc1ccc(S(=O)(=O)NCCCCCNCC2C(O)CC3C(C4C[C@H](CC[C@H]4O)[C@H]4NC(=O)[C@@H]5NC(=O)[C@H](CC(N)=O)NC(=O)[C@H](NC(=O)[C@@H](CC(C)C)NC)[C@H](O)[C@H]6CC[C@@H](Oc7cc5cc(c7O[C@@H]5C[C@H](CO)[C@@H](O)[C@H](O)[C@H]5O[C@H]5C[C@](C)(N)[C@H](O)[C@H](C)O5)O[C@@H]5CC[C@@H](CC5Cl)[C@@H](O)[C@H](NC4=O)C(=O)N[C@@H]3C(=O)NC3C4CC5CC(C4)CC3C5)[C@H](Cl)C6)[C@H]2O)cc1. The number of carbonyl (C=O) groups is 8. The Bertz CT molecular complexity index is 4490. The minimum Gasteiger partial charge on any atom is -0.494 e. The van der Waals surface area contributed by atoms with Gasteiger partial charge in [0.15, 0.2) is 17.8 Å². The number of hydrogen-bond acceptors (Lipinski definition) is 28. The molecule has 6 heterocycles. The molecule has 11 fully saturated rings. The summed E-state index contributed by atoms with van der Waals surface area (Å²) in [4.78, 5) is 125. The number of halogens is 2. The largest absolute Gasteiger partial charge is 0.494 e. The zero-order valence-corrected chi connectivity index (χ0v) is 79.7. The van der Waals surface area contributed by atoms with Gasteiger partial charge in [-0.1, -0.05) is 40.0 Å². The first-order chi connectivity index (χ1) is 63.8. The quantitative estimate of drug-likeness (QED) is 0.0398. The molecule has 750 valence electrons. The van der Waals surface area contributed by atoms with Crippen molar-refractivity contribution in [3.8, 4) is 23.0 Å². The van der Waals surface area contributed by atoms with Gasteiger partial charge in [-0.3, -0.25) is 38.4 Å². The molecular weight excluding hydrogens is 1800 g/mol. The van der Waals surface area contributed by atoms with Gasteiger partial charge in [0.25, 0.3) is 0 Å². The van der Waals surface area contributed by atoms with E-state index < -0.39 is 262 Å². The van der Waals surface area contributed by atoms with E-state index >= 15 is 28.8 Å². The van der Waals surface area contributed by atoms with Crippen molar-refractivity contribution in [2.75, 3.05) is 39.9 Å². The second-order valence-electron chi connectivity index (χ2n) is 41.4. The number of likely N-dealkylation sites (N-methyl/N-ethyl adjacent to an activating group) is 1. The van der Waals surface area contributed by atoms with Gasteiger partial charge in [-0.05, 0) is 263 Å². The number of benzene rings is 2. The molecule has 17 rings (SSSR count). The number of rotatable bonds is 29. The molecule has 23 N–H and O–H groups in total. The highest BCUT2D eigenvalue weighted by Gasteiger charge is 2.59. The molecule has 134 heavy (non-hydrogen) atoms. The lowest BCUT2D eigenvalue weighted by atomic mass is 9.54. The number of ether oxygens (including phenoxy) is 6. The lowest BCUT2D eigenvalue weighted by Crippen LogP contribution is -2.68. The molecule has 2 saturated heterocycles. The predicted octanol–water partition coefficient (Wildman–Crippen LogP) is 0.929. The summed E-state index contributed by atoms with van der Waals surface area (Å²) < 4.78 is 69.5. The van der Waals surface area contributed by atoms with Crippen LogP contribution in [0.2, 0.25) is 0 Å². The number of aliphatic hydroxyl groups is 9. The number of nitrogens with one attached hydrogen (secondary N) is 10. The molecular formula is C94H144Cl2N12O25S. The summed E-state index contributed by atoms with van der Waals surface area (Å²) in [6, 6.07) is -3.88. The molecule has 8 amide bonds. The molecule has 0 spiro atoms. The van der Waals surface area contributed by atoms with Crippen LogP contribution in [-0.4, -0.2) is 286 Å². The monoisotopic (exact) mass is 1940 g/mol. The van der Waals surface area contributed by atoms with Crippen molar-refractivity contribution >= 4 is 80.5 Å². The van der Waals surface area contributed by atoms with Crippen molar-refractivity contribution in [2.45, 2.75) is 350 Å². The van der Waals surface area contributed by atoms with E-state index in [-0.39, 0.29) is 148 Å². The fourth-order valence-electron chi connectivity index (χ4n) is 24.2. The third kappa shape index (κ3) is 23.8. The number of hydrogen-bond donors (Lipinski definition) is 21. The van der Waals surface area contributed by atoms with Crippen molar-refractivity contribution in [2.24, 2.45) is 88.4 Å². The van der Waals surface area contributed by atoms with Crippen LogP contribution in [0.25, 0.3) is 0 Å². The first-order valence-electron chi connectivity index (χ1n) is 48.9. The molecule has 40 heteroatoms. The molecule has 9 aliphatic carbocycles. The number of aliphatic hydroxyl groups excluding tert-OH is 9. The summed E-state index contributed by atoms with van der Waals surface area (Å²) in [6.45, 7) is 9.30. The summed E-state index contributed by atoms with van der Waals surface area (Å²) in [5, 5.41) is 135. The van der Waals surface area contributed by atoms with Crippen molar-refractivity contribution < 1.29 is 121 Å². The second-order valence-corrected chi connectivity index (χ2v) is 44.3. The summed E-state index contributed by atoms with van der Waals surface area (Å²) >= 11 is 15.2. The van der Waals surface area contributed by atoms with Crippen molar-refractivity contribution in [3.05, 3.63) is 42.0 Å². The lowest BCUT2D eigenvalue weighted by molar-refractivity contribution is -0.286. The predicted molar refractivity (Wildman–Crippen MR) is 488 cm³/mol. The summed E-state index contributed by atoms with van der Waals surface area (Å²) in [5.74, 6) is -16.0. The van der Waals surface area contributed by atoms with Crippen LogP contribution < -0.4 is 83.0 Å². The lowest BCUT2D eigenvalue weighted by Gasteiger charge is -2.55. The Morgan fingerprint density at radius 3 is 1.91 bits per heavy atom. The van der Waals surface area contributed by atoms with Gasteiger partial charge >= 0.3 is 0 Å². The maximum absolute atomic E-state index is 16.8. The smallest absolute Gasteiger partial charge is 0.247 e. The normalized spacial score (nSPS) is 39.9. The third-order valence-corrected chi connectivity index (χ3v) is 33.8. The minimum atomic E-state index is -3.86. The number of primary amides is 1. The van der Waals surface area contributed by atoms with Crippen LogP contribution in [0.4, 0.5) is 0 Å². The molecule has 0 aromatic heterocycles. The maximum atomic E-state index is 16.8. The third-order valence-electron chi connectivity index (χ3n) is 31.4. The van der Waals surface area contributed by atoms with E-state index in [0.29, 0.717) is 50.0 Å². The van der Waals surface area contributed by atoms with Crippen LogP contribution in [0.15, 0.2) is 41.3 Å². The van der Waals surface area contributed by atoms with E-state index in [1.54, 1.807) is 26.0 Å². The molecule has 9 saturated carbocycles. The summed E-state index contributed by atoms with van der Waals surface area (Å²) in [7, 11) is -2.32. The van der Waals surface area contributed by atoms with Crippen LogP contribution in [-0.2, 0) is 57.9 Å². The van der Waals surface area contributed by atoms with Crippen LogP contribution in [0.3, 0.4) is 0 Å². The van der Waals surface area contributed by atoms with E-state index in [1.165, 1.54) is 31.3 Å². The highest BCUT2D eigenvalue weighted by atomic mass is 35.5. The Balaban J connectivity index is 0.849. The van der Waals surface area contributed by atoms with Gasteiger partial charge in [0.2, 0.25) is 63.0 Å². The first kappa shape index (κ1) is 103. The molecule has 32 atom stereocenters. The number of fused-ring (bicyclic) bond motifs is 15. The van der Waals surface area contributed by atoms with E-state index in [4.69, 9.17) is 63.1 Å². The number of nitrogens with two attached hydrogens (primary N) is 2. The Morgan fingerprint density at radius 1 is 0.657 bits per heavy atom.